The lowest BCUT2D eigenvalue weighted by Gasteiger charge is -2.55. The molecule has 0 radical (unpaired) electrons. The van der Waals surface area contributed by atoms with Gasteiger partial charge in [-0.3, -0.25) is 9.59 Å². The fraction of sp³-hybridized carbons (Fsp3) is 0.909. The van der Waals surface area contributed by atoms with Crippen LogP contribution in [0.4, 0.5) is 0 Å². The zero-order valence-electron chi connectivity index (χ0n) is 17.5. The van der Waals surface area contributed by atoms with Gasteiger partial charge in [-0.2, -0.15) is 0 Å². The van der Waals surface area contributed by atoms with Crippen molar-refractivity contribution in [3.8, 4) is 0 Å². The van der Waals surface area contributed by atoms with Crippen LogP contribution in [0.15, 0.2) is 0 Å². The Morgan fingerprint density at radius 2 is 1.50 bits per heavy atom. The number of nitrogens with one attached hydrogen (secondary N) is 2. The molecule has 0 unspecified atom stereocenters. The van der Waals surface area contributed by atoms with Crippen LogP contribution in [0.3, 0.4) is 0 Å². The van der Waals surface area contributed by atoms with Gasteiger partial charge in [-0.05, 0) is 76.3 Å². The molecule has 0 atom stereocenters. The Labute approximate surface area is 169 Å². The van der Waals surface area contributed by atoms with Crippen molar-refractivity contribution >= 4 is 11.8 Å². The highest BCUT2D eigenvalue weighted by atomic mass is 16.2. The van der Waals surface area contributed by atoms with E-state index in [0.29, 0.717) is 13.0 Å². The van der Waals surface area contributed by atoms with Gasteiger partial charge < -0.3 is 20.4 Å². The summed E-state index contributed by atoms with van der Waals surface area (Å²) in [6.07, 6.45) is 8.70. The van der Waals surface area contributed by atoms with Gasteiger partial charge in [-0.1, -0.05) is 0 Å². The second-order valence-corrected chi connectivity index (χ2v) is 10.1. The summed E-state index contributed by atoms with van der Waals surface area (Å²) < 4.78 is 0. The Hall–Kier alpha value is -1.14. The highest BCUT2D eigenvalue weighted by molar-refractivity contribution is 5.84. The van der Waals surface area contributed by atoms with E-state index >= 15 is 0 Å². The first-order valence-electron chi connectivity index (χ1n) is 11.5. The number of carbonyl (C=O) groups excluding carboxylic acids is 2. The van der Waals surface area contributed by atoms with E-state index in [4.69, 9.17) is 0 Å². The first-order valence-corrected chi connectivity index (χ1v) is 11.5. The Morgan fingerprint density at radius 1 is 0.893 bits per heavy atom. The fourth-order valence-electron chi connectivity index (χ4n) is 6.56. The molecule has 6 heteroatoms. The lowest BCUT2D eigenvalue weighted by atomic mass is 9.49. The summed E-state index contributed by atoms with van der Waals surface area (Å²) in [5.41, 5.74) is -0.103. The van der Waals surface area contributed by atoms with Crippen molar-refractivity contribution in [3.05, 3.63) is 0 Å². The van der Waals surface area contributed by atoms with Gasteiger partial charge in [-0.15, -0.1) is 0 Å². The van der Waals surface area contributed by atoms with Crippen LogP contribution in [0, 0.1) is 23.2 Å². The van der Waals surface area contributed by atoms with Gasteiger partial charge in [0.2, 0.25) is 11.8 Å². The quantitative estimate of drug-likeness (QED) is 0.616. The van der Waals surface area contributed by atoms with Crippen molar-refractivity contribution in [2.75, 3.05) is 52.9 Å². The lowest BCUT2D eigenvalue weighted by Crippen LogP contribution is -2.53. The first kappa shape index (κ1) is 20.1. The number of amides is 2. The minimum Gasteiger partial charge on any atom is -0.356 e. The highest BCUT2D eigenvalue weighted by Gasteiger charge is 2.54. The minimum atomic E-state index is -0.103. The maximum atomic E-state index is 12.9. The molecule has 4 saturated carbocycles. The van der Waals surface area contributed by atoms with Gasteiger partial charge in [0.05, 0.1) is 0 Å². The van der Waals surface area contributed by atoms with Crippen LogP contribution in [0.25, 0.3) is 0 Å². The Morgan fingerprint density at radius 3 is 2.11 bits per heavy atom. The van der Waals surface area contributed by atoms with Crippen LogP contribution in [0.2, 0.25) is 0 Å². The average molecular weight is 391 g/mol. The summed E-state index contributed by atoms with van der Waals surface area (Å²) in [4.78, 5) is 29.8. The van der Waals surface area contributed by atoms with E-state index in [0.717, 1.165) is 82.7 Å². The van der Waals surface area contributed by atoms with Crippen molar-refractivity contribution in [2.24, 2.45) is 23.2 Å². The van der Waals surface area contributed by atoms with Crippen LogP contribution in [-0.4, -0.2) is 74.5 Å². The van der Waals surface area contributed by atoms with E-state index in [1.54, 1.807) is 0 Å². The number of nitrogens with zero attached hydrogens (tertiary/aromatic N) is 2. The Kier molecular flexibility index (Phi) is 6.26. The van der Waals surface area contributed by atoms with Crippen LogP contribution in [0.1, 0.15) is 51.4 Å². The molecule has 1 heterocycles. The second kappa shape index (κ2) is 8.70. The predicted octanol–water partition coefficient (Wildman–Crippen LogP) is 1.46. The summed E-state index contributed by atoms with van der Waals surface area (Å²) in [5.74, 6) is 2.63. The molecule has 1 saturated heterocycles. The van der Waals surface area contributed by atoms with E-state index in [-0.39, 0.29) is 17.2 Å². The number of hydrogen-bond acceptors (Lipinski definition) is 4. The van der Waals surface area contributed by atoms with Gasteiger partial charge in [-0.25, -0.2) is 0 Å². The molecule has 2 N–H and O–H groups in total. The molecule has 158 valence electrons. The predicted molar refractivity (Wildman–Crippen MR) is 110 cm³/mol. The molecule has 2 amide bonds. The van der Waals surface area contributed by atoms with Crippen molar-refractivity contribution in [2.45, 2.75) is 51.4 Å². The Bertz CT molecular complexity index is 536. The number of carbonyl (C=O) groups is 2. The molecule has 5 fully saturated rings. The highest BCUT2D eigenvalue weighted by Crippen LogP contribution is 2.60. The molecule has 4 aliphatic carbocycles. The van der Waals surface area contributed by atoms with Gasteiger partial charge in [0.1, 0.15) is 0 Å². The molecule has 5 aliphatic rings. The van der Waals surface area contributed by atoms with Crippen molar-refractivity contribution in [1.82, 2.24) is 20.4 Å². The number of rotatable bonds is 8. The zero-order valence-corrected chi connectivity index (χ0v) is 17.5. The number of hydrogen-bond donors (Lipinski definition) is 2. The van der Waals surface area contributed by atoms with Crippen LogP contribution >= 0.6 is 0 Å². The molecule has 6 nitrogen and oxygen atoms in total. The van der Waals surface area contributed by atoms with E-state index in [1.165, 1.54) is 19.3 Å². The molecule has 28 heavy (non-hydrogen) atoms. The summed E-state index contributed by atoms with van der Waals surface area (Å²) in [6.45, 7) is 6.78. The lowest BCUT2D eigenvalue weighted by molar-refractivity contribution is -0.146. The van der Waals surface area contributed by atoms with E-state index in [2.05, 4.69) is 27.5 Å². The smallest absolute Gasteiger partial charge is 0.226 e. The summed E-state index contributed by atoms with van der Waals surface area (Å²) >= 11 is 0. The van der Waals surface area contributed by atoms with Gasteiger partial charge in [0, 0.05) is 51.1 Å². The summed E-state index contributed by atoms with van der Waals surface area (Å²) in [6, 6.07) is 0. The standard InChI is InChI=1S/C22H38N4O2/c1-25-7-9-26(10-8-25)6-2-4-23-20(27)3-5-24-21(28)22-14-17-11-18(15-22)13-19(12-17)16-22/h17-19H,2-16H2,1H3,(H,23,27)(H,24,28). The van der Waals surface area contributed by atoms with Crippen molar-refractivity contribution < 1.29 is 9.59 Å². The third kappa shape index (κ3) is 4.70. The van der Waals surface area contributed by atoms with E-state index < -0.39 is 0 Å². The van der Waals surface area contributed by atoms with Gasteiger partial charge in [0.15, 0.2) is 0 Å². The molecule has 0 spiro atoms. The Balaban J connectivity index is 1.09. The average Bonchev–Trinajstić information content (AvgIpc) is 2.65. The molecular weight excluding hydrogens is 352 g/mol. The molecule has 0 aromatic carbocycles. The van der Waals surface area contributed by atoms with Crippen LogP contribution in [0.5, 0.6) is 0 Å². The fourth-order valence-corrected chi connectivity index (χ4v) is 6.56. The molecule has 0 aromatic heterocycles. The summed E-state index contributed by atoms with van der Waals surface area (Å²) in [5, 5.41) is 6.12. The first-order chi connectivity index (χ1) is 13.5. The summed E-state index contributed by atoms with van der Waals surface area (Å²) in [7, 11) is 2.17. The third-order valence-corrected chi connectivity index (χ3v) is 7.73. The maximum absolute atomic E-state index is 12.9. The minimum absolute atomic E-state index is 0.0594. The SMILES string of the molecule is CN1CCN(CCCNC(=O)CCNC(=O)C23CC4CC(CC(C4)C2)C3)CC1. The van der Waals surface area contributed by atoms with E-state index in [1.807, 2.05) is 0 Å². The van der Waals surface area contributed by atoms with Gasteiger partial charge in [0.25, 0.3) is 0 Å². The van der Waals surface area contributed by atoms with Crippen molar-refractivity contribution in [3.63, 3.8) is 0 Å². The molecule has 1 aliphatic heterocycles. The second-order valence-electron chi connectivity index (χ2n) is 10.1. The molecule has 4 bridgehead atoms. The third-order valence-electron chi connectivity index (χ3n) is 7.73. The van der Waals surface area contributed by atoms with Gasteiger partial charge >= 0.3 is 0 Å². The molecular formula is C22H38N4O2. The topological polar surface area (TPSA) is 64.7 Å². The van der Waals surface area contributed by atoms with E-state index in [9.17, 15) is 9.59 Å². The maximum Gasteiger partial charge on any atom is 0.226 e. The van der Waals surface area contributed by atoms with Crippen LogP contribution < -0.4 is 10.6 Å². The monoisotopic (exact) mass is 390 g/mol. The molecule has 5 rings (SSSR count). The number of piperazine rings is 1. The normalized spacial score (nSPS) is 35.1. The molecule has 0 aromatic rings. The van der Waals surface area contributed by atoms with Crippen LogP contribution in [-0.2, 0) is 9.59 Å². The largest absolute Gasteiger partial charge is 0.356 e. The number of likely N-dealkylation sites (N-methyl/N-ethyl adjacent to an activating group) is 1. The zero-order chi connectivity index (χ0) is 19.6. The van der Waals surface area contributed by atoms with Crippen molar-refractivity contribution in [1.29, 1.82) is 0 Å².